The van der Waals surface area contributed by atoms with Crippen molar-refractivity contribution in [2.45, 2.75) is 26.7 Å². The maximum Gasteiger partial charge on any atom is 0.203 e. The van der Waals surface area contributed by atoms with Crippen LogP contribution in [0.25, 0.3) is 11.4 Å². The quantitative estimate of drug-likeness (QED) is 0.567. The molecule has 142 valence electrons. The van der Waals surface area contributed by atoms with Crippen LogP contribution in [-0.2, 0) is 24.5 Å². The lowest BCUT2D eigenvalue weighted by Gasteiger charge is -2.17. The highest BCUT2D eigenvalue weighted by Gasteiger charge is 2.16. The normalized spacial score (nSPS) is 12.2. The first-order chi connectivity index (χ1) is 13.2. The minimum atomic E-state index is 0.583. The van der Waals surface area contributed by atoms with Crippen LogP contribution in [0, 0.1) is 4.77 Å². The minimum Gasteiger partial charge on any atom is -0.383 e. The third-order valence-electron chi connectivity index (χ3n) is 4.46. The van der Waals surface area contributed by atoms with Crippen molar-refractivity contribution in [1.29, 1.82) is 0 Å². The molecule has 7 nitrogen and oxygen atoms in total. The molecular formula is C19H25N6OS+. The molecule has 3 heterocycles. The molecule has 0 amide bonds. The number of quaternary nitrogens is 1. The van der Waals surface area contributed by atoms with Gasteiger partial charge in [0, 0.05) is 43.0 Å². The van der Waals surface area contributed by atoms with Gasteiger partial charge in [-0.1, -0.05) is 0 Å². The van der Waals surface area contributed by atoms with Gasteiger partial charge in [0.2, 0.25) is 4.77 Å². The van der Waals surface area contributed by atoms with Crippen molar-refractivity contribution in [1.82, 2.24) is 24.3 Å². The van der Waals surface area contributed by atoms with Crippen LogP contribution in [0.2, 0.25) is 0 Å². The van der Waals surface area contributed by atoms with Crippen LogP contribution in [0.5, 0.6) is 0 Å². The Kier molecular flexibility index (Phi) is 6.80. The average molecular weight is 386 g/mol. The third kappa shape index (κ3) is 4.85. The van der Waals surface area contributed by atoms with Crippen molar-refractivity contribution in [3.8, 4) is 11.4 Å². The molecule has 1 N–H and O–H groups in total. The van der Waals surface area contributed by atoms with E-state index < -0.39 is 0 Å². The van der Waals surface area contributed by atoms with Gasteiger partial charge in [-0.3, -0.25) is 14.5 Å². The molecule has 0 aromatic carbocycles. The van der Waals surface area contributed by atoms with E-state index in [0.29, 0.717) is 24.6 Å². The van der Waals surface area contributed by atoms with Gasteiger partial charge >= 0.3 is 0 Å². The van der Waals surface area contributed by atoms with Crippen molar-refractivity contribution in [3.63, 3.8) is 0 Å². The molecule has 3 aromatic heterocycles. The number of hydrogen-bond acceptors (Lipinski definition) is 5. The molecule has 0 aliphatic carbocycles. The Bertz CT molecular complexity index is 894. The SMILES string of the molecule is CC[NH+](Cc1ccncc1)Cn1nc(-c2ccncc2)n(CCOC)c1=S. The first-order valence-corrected chi connectivity index (χ1v) is 9.43. The van der Waals surface area contributed by atoms with Crippen LogP contribution in [-0.4, -0.2) is 44.6 Å². The summed E-state index contributed by atoms with van der Waals surface area (Å²) in [5.74, 6) is 0.846. The fraction of sp³-hybridized carbons (Fsp3) is 0.368. The van der Waals surface area contributed by atoms with Crippen molar-refractivity contribution < 1.29 is 9.64 Å². The Balaban J connectivity index is 1.88. The van der Waals surface area contributed by atoms with E-state index in [0.717, 1.165) is 24.5 Å². The number of nitrogens with zero attached hydrogens (tertiary/aromatic N) is 5. The Morgan fingerprint density at radius 1 is 1.07 bits per heavy atom. The summed E-state index contributed by atoms with van der Waals surface area (Å²) in [6.45, 7) is 6.00. The molecule has 3 rings (SSSR count). The smallest absolute Gasteiger partial charge is 0.203 e. The molecule has 0 radical (unpaired) electrons. The summed E-state index contributed by atoms with van der Waals surface area (Å²) in [6.07, 6.45) is 7.20. The molecule has 0 fully saturated rings. The highest BCUT2D eigenvalue weighted by molar-refractivity contribution is 7.71. The topological polar surface area (TPSA) is 62.2 Å². The summed E-state index contributed by atoms with van der Waals surface area (Å²) in [6, 6.07) is 8.00. The lowest BCUT2D eigenvalue weighted by Crippen LogP contribution is -3.09. The predicted octanol–water partition coefficient (Wildman–Crippen LogP) is 1.58. The molecule has 0 spiro atoms. The highest BCUT2D eigenvalue weighted by atomic mass is 32.1. The zero-order chi connectivity index (χ0) is 19.1. The lowest BCUT2D eigenvalue weighted by molar-refractivity contribution is -0.935. The number of aromatic nitrogens is 5. The van der Waals surface area contributed by atoms with Gasteiger partial charge in [0.15, 0.2) is 12.5 Å². The van der Waals surface area contributed by atoms with Gasteiger partial charge in [0.25, 0.3) is 0 Å². The van der Waals surface area contributed by atoms with E-state index in [1.807, 2.05) is 33.8 Å². The monoisotopic (exact) mass is 385 g/mol. The van der Waals surface area contributed by atoms with E-state index in [2.05, 4.69) is 29.0 Å². The van der Waals surface area contributed by atoms with E-state index in [9.17, 15) is 0 Å². The molecule has 8 heteroatoms. The number of nitrogens with one attached hydrogen (secondary N) is 1. The van der Waals surface area contributed by atoms with Crippen molar-refractivity contribution >= 4 is 12.2 Å². The van der Waals surface area contributed by atoms with Gasteiger partial charge in [-0.2, -0.15) is 4.68 Å². The summed E-state index contributed by atoms with van der Waals surface area (Å²) >= 11 is 5.73. The van der Waals surface area contributed by atoms with Gasteiger partial charge in [-0.25, -0.2) is 0 Å². The summed E-state index contributed by atoms with van der Waals surface area (Å²) in [5, 5.41) is 4.82. The van der Waals surface area contributed by atoms with E-state index in [1.54, 1.807) is 19.5 Å². The Hall–Kier alpha value is -2.42. The zero-order valence-electron chi connectivity index (χ0n) is 15.7. The van der Waals surface area contributed by atoms with Gasteiger partial charge < -0.3 is 9.64 Å². The van der Waals surface area contributed by atoms with Crippen molar-refractivity contribution in [3.05, 3.63) is 59.4 Å². The van der Waals surface area contributed by atoms with Crippen molar-refractivity contribution in [2.75, 3.05) is 20.3 Å². The molecule has 0 saturated heterocycles. The standard InChI is InChI=1S/C19H24N6OS/c1-3-23(14-16-4-8-20-9-5-16)15-25-19(27)24(12-13-26-2)18(22-25)17-6-10-21-11-7-17/h4-11H,3,12-15H2,1-2H3/p+1. The number of pyridine rings is 2. The second kappa shape index (κ2) is 9.50. The molecule has 0 aliphatic rings. The number of rotatable bonds is 9. The molecule has 27 heavy (non-hydrogen) atoms. The molecule has 3 aromatic rings. The molecule has 1 atom stereocenters. The fourth-order valence-corrected chi connectivity index (χ4v) is 3.22. The Morgan fingerprint density at radius 2 is 1.74 bits per heavy atom. The van der Waals surface area contributed by atoms with Crippen LogP contribution in [0.4, 0.5) is 0 Å². The lowest BCUT2D eigenvalue weighted by atomic mass is 10.2. The number of methoxy groups -OCH3 is 1. The Morgan fingerprint density at radius 3 is 2.37 bits per heavy atom. The minimum absolute atomic E-state index is 0.583. The molecular weight excluding hydrogens is 360 g/mol. The molecule has 0 bridgehead atoms. The predicted molar refractivity (Wildman–Crippen MR) is 106 cm³/mol. The molecule has 1 unspecified atom stereocenters. The maximum absolute atomic E-state index is 5.73. The third-order valence-corrected chi connectivity index (χ3v) is 4.89. The van der Waals surface area contributed by atoms with Crippen LogP contribution < -0.4 is 4.90 Å². The summed E-state index contributed by atoms with van der Waals surface area (Å²) in [4.78, 5) is 9.56. The Labute approximate surface area is 164 Å². The van der Waals surface area contributed by atoms with Crippen LogP contribution in [0.3, 0.4) is 0 Å². The number of ether oxygens (including phenoxy) is 1. The molecule has 0 saturated carbocycles. The van der Waals surface area contributed by atoms with Gasteiger partial charge in [-0.15, -0.1) is 5.10 Å². The van der Waals surface area contributed by atoms with Crippen molar-refractivity contribution in [2.24, 2.45) is 0 Å². The van der Waals surface area contributed by atoms with Gasteiger partial charge in [-0.05, 0) is 43.4 Å². The fourth-order valence-electron chi connectivity index (χ4n) is 2.94. The summed E-state index contributed by atoms with van der Waals surface area (Å²) in [7, 11) is 1.69. The van der Waals surface area contributed by atoms with E-state index >= 15 is 0 Å². The van der Waals surface area contributed by atoms with Gasteiger partial charge in [0.1, 0.15) is 6.54 Å². The maximum atomic E-state index is 5.73. The highest BCUT2D eigenvalue weighted by Crippen LogP contribution is 2.17. The average Bonchev–Trinajstić information content (AvgIpc) is 3.02. The molecule has 0 aliphatic heterocycles. The summed E-state index contributed by atoms with van der Waals surface area (Å²) in [5.41, 5.74) is 2.25. The van der Waals surface area contributed by atoms with Crippen LogP contribution in [0.1, 0.15) is 12.5 Å². The number of hydrogen-bond donors (Lipinski definition) is 1. The van der Waals surface area contributed by atoms with E-state index in [4.69, 9.17) is 22.1 Å². The van der Waals surface area contributed by atoms with Crippen LogP contribution in [0.15, 0.2) is 49.1 Å². The second-order valence-electron chi connectivity index (χ2n) is 6.28. The van der Waals surface area contributed by atoms with E-state index in [1.165, 1.54) is 10.5 Å². The summed E-state index contributed by atoms with van der Waals surface area (Å²) < 4.78 is 9.92. The van der Waals surface area contributed by atoms with Crippen LogP contribution >= 0.6 is 12.2 Å². The largest absolute Gasteiger partial charge is 0.383 e. The zero-order valence-corrected chi connectivity index (χ0v) is 16.5. The first-order valence-electron chi connectivity index (χ1n) is 9.02. The first kappa shape index (κ1) is 19.3. The van der Waals surface area contributed by atoms with Gasteiger partial charge in [0.05, 0.1) is 19.7 Å². The van der Waals surface area contributed by atoms with E-state index in [-0.39, 0.29) is 0 Å². The second-order valence-corrected chi connectivity index (χ2v) is 6.65.